The van der Waals surface area contributed by atoms with Crippen molar-refractivity contribution in [1.82, 2.24) is 19.9 Å². The highest BCUT2D eigenvalue weighted by Crippen LogP contribution is 2.36. The lowest BCUT2D eigenvalue weighted by molar-refractivity contribution is 0.0951. The lowest BCUT2D eigenvalue weighted by atomic mass is 10.1. The summed E-state index contributed by atoms with van der Waals surface area (Å²) in [5.41, 5.74) is 3.43. The maximum Gasteiger partial charge on any atom is 0.145 e. The van der Waals surface area contributed by atoms with Crippen molar-refractivity contribution in [3.8, 4) is 6.07 Å². The summed E-state index contributed by atoms with van der Waals surface area (Å²) >= 11 is 0. The molecule has 7 nitrogen and oxygen atoms in total. The highest BCUT2D eigenvalue weighted by Gasteiger charge is 2.25. The number of nitriles is 1. The van der Waals surface area contributed by atoms with E-state index in [4.69, 9.17) is 9.72 Å². The van der Waals surface area contributed by atoms with E-state index in [2.05, 4.69) is 51.3 Å². The molecule has 158 valence electrons. The van der Waals surface area contributed by atoms with Gasteiger partial charge in [-0.2, -0.15) is 5.26 Å². The maximum atomic E-state index is 9.40. The van der Waals surface area contributed by atoms with Gasteiger partial charge in [0.1, 0.15) is 29.9 Å². The van der Waals surface area contributed by atoms with Crippen molar-refractivity contribution < 1.29 is 4.74 Å². The molecule has 1 aliphatic heterocycles. The minimum Gasteiger partial charge on any atom is -0.369 e. The van der Waals surface area contributed by atoms with Crippen LogP contribution in [0, 0.1) is 11.3 Å². The molecule has 0 aromatic carbocycles. The van der Waals surface area contributed by atoms with Gasteiger partial charge in [-0.25, -0.2) is 9.97 Å². The molecule has 1 atom stereocenters. The summed E-state index contributed by atoms with van der Waals surface area (Å²) in [5, 5.41) is 15.1. The summed E-state index contributed by atoms with van der Waals surface area (Å²) in [7, 11) is 0.356. The summed E-state index contributed by atoms with van der Waals surface area (Å²) in [6.07, 6.45) is 9.23. The fourth-order valence-electron chi connectivity index (χ4n) is 4.15. The number of rotatable bonds is 8. The topological polar surface area (TPSA) is 79.0 Å². The Morgan fingerprint density at radius 1 is 1.37 bits per heavy atom. The Balaban J connectivity index is 1.77. The zero-order valence-corrected chi connectivity index (χ0v) is 18.7. The first-order chi connectivity index (χ1) is 14.6. The second kappa shape index (κ2) is 9.21. The smallest absolute Gasteiger partial charge is 0.145 e. The van der Waals surface area contributed by atoms with Crippen LogP contribution in [0.25, 0.3) is 21.9 Å². The highest BCUT2D eigenvalue weighted by molar-refractivity contribution is 7.95. The molecule has 4 heterocycles. The van der Waals surface area contributed by atoms with Crippen LogP contribution in [0.4, 0.5) is 5.69 Å². The quantitative estimate of drug-likeness (QED) is 0.441. The lowest BCUT2D eigenvalue weighted by Crippen LogP contribution is -2.32. The van der Waals surface area contributed by atoms with Crippen molar-refractivity contribution in [3.63, 3.8) is 0 Å². The Morgan fingerprint density at radius 3 is 3.00 bits per heavy atom. The number of anilines is 1. The van der Waals surface area contributed by atoms with E-state index >= 15 is 0 Å². The van der Waals surface area contributed by atoms with Crippen molar-refractivity contribution in [1.29, 1.82) is 5.26 Å². The molecular weight excluding hydrogens is 396 g/mol. The molecule has 0 saturated carbocycles. The molecule has 0 radical (unpaired) electrons. The summed E-state index contributed by atoms with van der Waals surface area (Å²) in [6.45, 7) is 6.26. The lowest BCUT2D eigenvalue weighted by Gasteiger charge is -2.20. The largest absolute Gasteiger partial charge is 0.369 e. The van der Waals surface area contributed by atoms with Crippen LogP contribution in [0.1, 0.15) is 19.0 Å². The van der Waals surface area contributed by atoms with Gasteiger partial charge in [-0.3, -0.25) is 4.57 Å². The second-order valence-electron chi connectivity index (χ2n) is 7.87. The van der Waals surface area contributed by atoms with Crippen LogP contribution >= 0.6 is 0 Å². The molecule has 8 heteroatoms. The van der Waals surface area contributed by atoms with Gasteiger partial charge in [0.25, 0.3) is 0 Å². The number of hydrogen-bond donors (Lipinski definition) is 1. The van der Waals surface area contributed by atoms with E-state index < -0.39 is 0 Å². The van der Waals surface area contributed by atoms with E-state index in [9.17, 15) is 5.26 Å². The van der Waals surface area contributed by atoms with E-state index in [1.165, 1.54) is 5.69 Å². The van der Waals surface area contributed by atoms with Crippen molar-refractivity contribution in [2.24, 2.45) is 0 Å². The number of ether oxygens (including phenoxy) is 1. The third kappa shape index (κ3) is 4.10. The van der Waals surface area contributed by atoms with Crippen LogP contribution in [-0.4, -0.2) is 65.1 Å². The third-order valence-electron chi connectivity index (χ3n) is 5.60. The SMILES string of the molecule is CCN[C@H]1CCN(c2ccnc3c2c2cc(C#N)ncc2n3COCC[S+](C)C)C1. The average molecular weight is 426 g/mol. The second-order valence-corrected chi connectivity index (χ2v) is 10.3. The van der Waals surface area contributed by atoms with Crippen LogP contribution in [0.5, 0.6) is 0 Å². The molecule has 1 fully saturated rings. The summed E-state index contributed by atoms with van der Waals surface area (Å²) < 4.78 is 8.08. The predicted molar refractivity (Wildman–Crippen MR) is 124 cm³/mol. The molecule has 1 aliphatic rings. The van der Waals surface area contributed by atoms with Gasteiger partial charge in [0.2, 0.25) is 0 Å². The molecule has 1 saturated heterocycles. The molecule has 0 bridgehead atoms. The van der Waals surface area contributed by atoms with Crippen molar-refractivity contribution >= 4 is 38.5 Å². The van der Waals surface area contributed by atoms with Gasteiger partial charge in [0.05, 0.1) is 36.2 Å². The number of fused-ring (bicyclic) bond motifs is 3. The molecule has 4 rings (SSSR count). The predicted octanol–water partition coefficient (Wildman–Crippen LogP) is 2.50. The van der Waals surface area contributed by atoms with Crippen molar-refractivity contribution in [2.45, 2.75) is 26.1 Å². The summed E-state index contributed by atoms with van der Waals surface area (Å²) in [6, 6.07) is 6.65. The molecule has 1 N–H and O–H groups in total. The Kier molecular flexibility index (Phi) is 6.42. The first-order valence-corrected chi connectivity index (χ1v) is 12.6. The van der Waals surface area contributed by atoms with Crippen molar-refractivity contribution in [2.75, 3.05) is 49.4 Å². The summed E-state index contributed by atoms with van der Waals surface area (Å²) in [4.78, 5) is 11.4. The van der Waals surface area contributed by atoms with Gasteiger partial charge < -0.3 is 15.0 Å². The zero-order valence-electron chi connectivity index (χ0n) is 17.9. The fraction of sp³-hybridized carbons (Fsp3) is 0.500. The van der Waals surface area contributed by atoms with Gasteiger partial charge in [-0.05, 0) is 36.0 Å². The molecule has 3 aromatic rings. The number of aromatic nitrogens is 3. The summed E-state index contributed by atoms with van der Waals surface area (Å²) in [5.74, 6) is 1.05. The molecule has 30 heavy (non-hydrogen) atoms. The minimum absolute atomic E-state index is 0.356. The third-order valence-corrected chi connectivity index (χ3v) is 6.58. The van der Waals surface area contributed by atoms with Crippen LogP contribution in [0.2, 0.25) is 0 Å². The molecule has 0 aliphatic carbocycles. The highest BCUT2D eigenvalue weighted by atomic mass is 32.2. The van der Waals surface area contributed by atoms with Gasteiger partial charge in [0, 0.05) is 36.4 Å². The van der Waals surface area contributed by atoms with Crippen LogP contribution < -0.4 is 10.2 Å². The first-order valence-electron chi connectivity index (χ1n) is 10.4. The van der Waals surface area contributed by atoms with Crippen LogP contribution in [-0.2, 0) is 22.4 Å². The monoisotopic (exact) mass is 425 g/mol. The fourth-order valence-corrected chi connectivity index (χ4v) is 4.60. The molecule has 3 aromatic heterocycles. The first kappa shape index (κ1) is 20.9. The Bertz CT molecular complexity index is 1070. The number of pyridine rings is 2. The standard InChI is InChI=1S/C22H29N6OS/c1-4-24-16-6-8-27(14-16)19-5-7-25-22-21(19)18-11-17(12-23)26-13-20(18)28(22)15-29-9-10-30(2)3/h5,7,11,13,16,24H,4,6,8-10,14-15H2,1-3H3/q+1/t16-/m0/s1. The average Bonchev–Trinajstić information content (AvgIpc) is 3.33. The normalized spacial score (nSPS) is 16.8. The minimum atomic E-state index is 0.356. The van der Waals surface area contributed by atoms with E-state index in [1.54, 1.807) is 6.20 Å². The van der Waals surface area contributed by atoms with Gasteiger partial charge >= 0.3 is 0 Å². The van der Waals surface area contributed by atoms with Gasteiger partial charge in [0.15, 0.2) is 0 Å². The van der Waals surface area contributed by atoms with Crippen molar-refractivity contribution in [3.05, 3.63) is 30.2 Å². The molecule has 0 unspecified atom stereocenters. The zero-order chi connectivity index (χ0) is 21.1. The van der Waals surface area contributed by atoms with E-state index in [0.29, 0.717) is 29.4 Å². The number of nitrogens with zero attached hydrogens (tertiary/aromatic N) is 5. The van der Waals surface area contributed by atoms with Gasteiger partial charge in [-0.1, -0.05) is 6.92 Å². The molecule has 0 spiro atoms. The van der Waals surface area contributed by atoms with Crippen LogP contribution in [0.15, 0.2) is 24.5 Å². The number of hydrogen-bond acceptors (Lipinski definition) is 6. The Hall–Kier alpha value is -2.34. The number of likely N-dealkylation sites (N-methyl/N-ethyl adjacent to an activating group) is 1. The van der Waals surface area contributed by atoms with Gasteiger partial charge in [-0.15, -0.1) is 0 Å². The maximum absolute atomic E-state index is 9.40. The Morgan fingerprint density at radius 2 is 2.23 bits per heavy atom. The van der Waals surface area contributed by atoms with E-state index in [1.807, 2.05) is 12.3 Å². The van der Waals surface area contributed by atoms with E-state index in [0.717, 1.165) is 60.4 Å². The molecule has 0 amide bonds. The van der Waals surface area contributed by atoms with E-state index in [-0.39, 0.29) is 0 Å². The molecular formula is C22H29N6OS+. The Labute approximate surface area is 180 Å². The number of nitrogens with one attached hydrogen (secondary N) is 1. The van der Waals surface area contributed by atoms with Crippen LogP contribution in [0.3, 0.4) is 0 Å².